The molecule has 9 heteroatoms. The highest BCUT2D eigenvalue weighted by Gasteiger charge is 2.06. The van der Waals surface area contributed by atoms with Crippen molar-refractivity contribution in [2.75, 3.05) is 10.6 Å². The molecule has 0 atom stereocenters. The quantitative estimate of drug-likeness (QED) is 0.633. The average Bonchev–Trinajstić information content (AvgIpc) is 2.98. The van der Waals surface area contributed by atoms with E-state index in [-0.39, 0.29) is 10.9 Å². The Labute approximate surface area is 158 Å². The summed E-state index contributed by atoms with van der Waals surface area (Å²) in [6, 6.07) is 11.3. The normalized spacial score (nSPS) is 10.5. The molecule has 1 heterocycles. The third-order valence-electron chi connectivity index (χ3n) is 3.17. The van der Waals surface area contributed by atoms with E-state index in [0.29, 0.717) is 28.2 Å². The van der Waals surface area contributed by atoms with Crippen molar-refractivity contribution in [3.8, 4) is 0 Å². The molecule has 0 bridgehead atoms. The van der Waals surface area contributed by atoms with E-state index < -0.39 is 0 Å². The first kappa shape index (κ1) is 17.6. The first-order valence-electron chi connectivity index (χ1n) is 7.16. The topological polar surface area (TPSA) is 54.8 Å². The minimum atomic E-state index is -0.350. The van der Waals surface area contributed by atoms with E-state index in [2.05, 4.69) is 20.7 Å². The molecule has 0 aliphatic heterocycles. The number of benzene rings is 2. The Bertz CT molecular complexity index is 915. The lowest BCUT2D eigenvalue weighted by atomic mass is 10.2. The molecule has 2 aromatic carbocycles. The molecule has 0 saturated carbocycles. The van der Waals surface area contributed by atoms with Gasteiger partial charge in [-0.25, -0.2) is 14.1 Å². The molecule has 0 spiro atoms. The van der Waals surface area contributed by atoms with Gasteiger partial charge in [-0.15, -0.1) is 5.10 Å². The van der Waals surface area contributed by atoms with Gasteiger partial charge in [-0.2, -0.15) is 0 Å². The Hall–Kier alpha value is -2.22. The fourth-order valence-electron chi connectivity index (χ4n) is 2.08. The third-order valence-corrected chi connectivity index (χ3v) is 4.12. The van der Waals surface area contributed by atoms with Crippen LogP contribution in [-0.2, 0) is 6.54 Å². The second-order valence-corrected chi connectivity index (χ2v) is 6.33. The number of hydrogen-bond acceptors (Lipinski definition) is 3. The zero-order valence-electron chi connectivity index (χ0n) is 12.7. The molecule has 25 heavy (non-hydrogen) atoms. The largest absolute Gasteiger partial charge is 0.332 e. The highest BCUT2D eigenvalue weighted by molar-refractivity contribution is 7.80. The fourth-order valence-corrected chi connectivity index (χ4v) is 2.61. The van der Waals surface area contributed by atoms with E-state index in [1.807, 2.05) is 6.07 Å². The first-order valence-corrected chi connectivity index (χ1v) is 8.33. The number of anilines is 2. The van der Waals surface area contributed by atoms with Gasteiger partial charge in [0.1, 0.15) is 12.1 Å². The molecule has 0 aliphatic carbocycles. The lowest BCUT2D eigenvalue weighted by Crippen LogP contribution is -2.20. The van der Waals surface area contributed by atoms with Crippen molar-refractivity contribution in [1.29, 1.82) is 0 Å². The van der Waals surface area contributed by atoms with Crippen LogP contribution >= 0.6 is 35.4 Å². The number of hydrogen-bond donors (Lipinski definition) is 2. The molecule has 3 aromatic rings. The lowest BCUT2D eigenvalue weighted by molar-refractivity contribution is 0.628. The summed E-state index contributed by atoms with van der Waals surface area (Å²) in [4.78, 5) is 4.13. The number of halogens is 3. The highest BCUT2D eigenvalue weighted by Crippen LogP contribution is 2.22. The molecular weight excluding hydrogens is 384 g/mol. The number of aromatic nitrogens is 3. The summed E-state index contributed by atoms with van der Waals surface area (Å²) < 4.78 is 14.8. The molecule has 0 fully saturated rings. The van der Waals surface area contributed by atoms with Crippen LogP contribution in [0.1, 0.15) is 5.56 Å². The van der Waals surface area contributed by atoms with Gasteiger partial charge in [0.25, 0.3) is 0 Å². The number of nitrogens with one attached hydrogen (secondary N) is 2. The fraction of sp³-hybridized carbons (Fsp3) is 0.0625. The van der Waals surface area contributed by atoms with Crippen LogP contribution in [0.15, 0.2) is 48.8 Å². The minimum Gasteiger partial charge on any atom is -0.332 e. The highest BCUT2D eigenvalue weighted by atomic mass is 35.5. The molecule has 2 N–H and O–H groups in total. The number of nitrogens with zero attached hydrogens (tertiary/aromatic N) is 3. The molecule has 5 nitrogen and oxygen atoms in total. The van der Waals surface area contributed by atoms with Crippen molar-refractivity contribution >= 4 is 52.2 Å². The number of thiocarbonyl (C=S) groups is 1. The van der Waals surface area contributed by atoms with E-state index in [0.717, 1.165) is 5.56 Å². The summed E-state index contributed by atoms with van der Waals surface area (Å²) in [5, 5.41) is 11.2. The summed E-state index contributed by atoms with van der Waals surface area (Å²) in [5.74, 6) is -0.0224. The Morgan fingerprint density at radius 2 is 1.96 bits per heavy atom. The van der Waals surface area contributed by atoms with Crippen LogP contribution in [0.5, 0.6) is 0 Å². The predicted molar refractivity (Wildman–Crippen MR) is 102 cm³/mol. The zero-order chi connectivity index (χ0) is 17.8. The van der Waals surface area contributed by atoms with Gasteiger partial charge in [-0.05, 0) is 48.1 Å². The molecule has 0 unspecified atom stereocenters. The Morgan fingerprint density at radius 3 is 2.72 bits per heavy atom. The van der Waals surface area contributed by atoms with Gasteiger partial charge < -0.3 is 5.32 Å². The van der Waals surface area contributed by atoms with E-state index in [1.54, 1.807) is 35.3 Å². The summed E-state index contributed by atoms with van der Waals surface area (Å²) in [6.45, 7) is 0.482. The van der Waals surface area contributed by atoms with Crippen LogP contribution in [0.2, 0.25) is 10.0 Å². The van der Waals surface area contributed by atoms with E-state index in [4.69, 9.17) is 35.4 Å². The standard InChI is InChI=1S/C16H12Cl2FN5S/c17-13-5-4-10(6-14(13)18)8-24-9-20-15(23-24)22-16(25)21-12-3-1-2-11(19)7-12/h1-7,9H,8H2,(H2,21,22,23,25). The van der Waals surface area contributed by atoms with Gasteiger partial charge in [0.15, 0.2) is 5.11 Å². The van der Waals surface area contributed by atoms with Crippen molar-refractivity contribution in [2.45, 2.75) is 6.54 Å². The smallest absolute Gasteiger partial charge is 0.248 e. The average molecular weight is 396 g/mol. The molecule has 128 valence electrons. The molecule has 1 aromatic heterocycles. The SMILES string of the molecule is Fc1cccc(NC(=S)Nc2ncn(Cc3ccc(Cl)c(Cl)c3)n2)c1. The van der Waals surface area contributed by atoms with Crippen LogP contribution in [0, 0.1) is 5.82 Å². The van der Waals surface area contributed by atoms with Gasteiger partial charge >= 0.3 is 0 Å². The van der Waals surface area contributed by atoms with Gasteiger partial charge in [0.2, 0.25) is 5.95 Å². The second kappa shape index (κ2) is 7.77. The Balaban J connectivity index is 1.61. The van der Waals surface area contributed by atoms with E-state index in [1.165, 1.54) is 12.1 Å². The molecule has 3 rings (SSSR count). The van der Waals surface area contributed by atoms with Gasteiger partial charge in [0.05, 0.1) is 16.6 Å². The van der Waals surface area contributed by atoms with Crippen LogP contribution in [0.25, 0.3) is 0 Å². The van der Waals surface area contributed by atoms with Crippen molar-refractivity contribution in [3.05, 3.63) is 70.2 Å². The summed E-state index contributed by atoms with van der Waals surface area (Å²) in [6.07, 6.45) is 1.57. The molecule has 0 amide bonds. The number of rotatable bonds is 4. The zero-order valence-corrected chi connectivity index (χ0v) is 15.0. The van der Waals surface area contributed by atoms with Crippen LogP contribution in [-0.4, -0.2) is 19.9 Å². The summed E-state index contributed by atoms with van der Waals surface area (Å²) in [7, 11) is 0. The van der Waals surface area contributed by atoms with E-state index in [9.17, 15) is 4.39 Å². The maximum atomic E-state index is 13.2. The van der Waals surface area contributed by atoms with Gasteiger partial charge in [0, 0.05) is 5.69 Å². The van der Waals surface area contributed by atoms with Crippen LogP contribution < -0.4 is 10.6 Å². The Kier molecular flexibility index (Phi) is 5.47. The second-order valence-electron chi connectivity index (χ2n) is 5.10. The summed E-state index contributed by atoms with van der Waals surface area (Å²) in [5.41, 5.74) is 1.47. The monoisotopic (exact) mass is 395 g/mol. The van der Waals surface area contributed by atoms with Gasteiger partial charge in [-0.1, -0.05) is 35.3 Å². The first-order chi connectivity index (χ1) is 12.0. The Morgan fingerprint density at radius 1 is 1.12 bits per heavy atom. The molecule has 0 saturated heterocycles. The lowest BCUT2D eigenvalue weighted by Gasteiger charge is -2.07. The minimum absolute atomic E-state index is 0.262. The third kappa shape index (κ3) is 4.88. The van der Waals surface area contributed by atoms with Gasteiger partial charge in [-0.3, -0.25) is 5.32 Å². The van der Waals surface area contributed by atoms with Crippen molar-refractivity contribution < 1.29 is 4.39 Å². The van der Waals surface area contributed by atoms with E-state index >= 15 is 0 Å². The van der Waals surface area contributed by atoms with Crippen molar-refractivity contribution in [2.24, 2.45) is 0 Å². The van der Waals surface area contributed by atoms with Crippen molar-refractivity contribution in [1.82, 2.24) is 14.8 Å². The van der Waals surface area contributed by atoms with Crippen LogP contribution in [0.3, 0.4) is 0 Å². The van der Waals surface area contributed by atoms with Crippen LogP contribution in [0.4, 0.5) is 16.0 Å². The maximum Gasteiger partial charge on any atom is 0.248 e. The maximum absolute atomic E-state index is 13.2. The molecule has 0 aliphatic rings. The van der Waals surface area contributed by atoms with Crippen molar-refractivity contribution in [3.63, 3.8) is 0 Å². The molecule has 0 radical (unpaired) electrons. The molecular formula is C16H12Cl2FN5S. The predicted octanol–water partition coefficient (Wildman–Crippen LogP) is 4.58. The summed E-state index contributed by atoms with van der Waals surface area (Å²) >= 11 is 17.1.